The van der Waals surface area contributed by atoms with Gasteiger partial charge in [-0.1, -0.05) is 45.0 Å². The summed E-state index contributed by atoms with van der Waals surface area (Å²) in [4.78, 5) is 27.0. The van der Waals surface area contributed by atoms with Gasteiger partial charge in [-0.2, -0.15) is 0 Å². The highest BCUT2D eigenvalue weighted by atomic mass is 16.2. The van der Waals surface area contributed by atoms with E-state index in [-0.39, 0.29) is 5.41 Å². The summed E-state index contributed by atoms with van der Waals surface area (Å²) in [6, 6.07) is 9.85. The highest BCUT2D eigenvalue weighted by Crippen LogP contribution is 2.22. The molecule has 0 aliphatic carbocycles. The zero-order valence-electron chi connectivity index (χ0n) is 12.6. The van der Waals surface area contributed by atoms with Gasteiger partial charge in [-0.3, -0.25) is 14.8 Å². The molecule has 1 aromatic carbocycles. The first-order valence-electron chi connectivity index (χ1n) is 7.01. The Balaban J connectivity index is 1.94. The Morgan fingerprint density at radius 1 is 1.05 bits per heavy atom. The molecule has 0 saturated heterocycles. The van der Waals surface area contributed by atoms with Crippen LogP contribution in [0.25, 0.3) is 0 Å². The predicted molar refractivity (Wildman–Crippen MR) is 85.0 cm³/mol. The Morgan fingerprint density at radius 2 is 1.71 bits per heavy atom. The summed E-state index contributed by atoms with van der Waals surface area (Å²) in [6.45, 7) is 7.21. The number of rotatable bonds is 4. The highest BCUT2D eigenvalue weighted by molar-refractivity contribution is 5.33. The van der Waals surface area contributed by atoms with E-state index in [4.69, 9.17) is 0 Å². The van der Waals surface area contributed by atoms with Crippen molar-refractivity contribution >= 4 is 5.82 Å². The molecule has 0 radical (unpaired) electrons. The first kappa shape index (κ1) is 15.1. The second-order valence-electron chi connectivity index (χ2n) is 6.13. The summed E-state index contributed by atoms with van der Waals surface area (Å²) in [5.74, 6) is 0.440. The Bertz CT molecular complexity index is 678. The standard InChI is InChI=1S/C16H21N3O2/c1-16(2,3)12-6-4-11(5-7-12)8-9-17-13-10-14(20)19-15(21)18-13/h4-7,10H,8-9H2,1-3H3,(H3,17,18,19,20,21). The van der Waals surface area contributed by atoms with Crippen molar-refractivity contribution in [1.29, 1.82) is 0 Å². The minimum Gasteiger partial charge on any atom is -0.371 e. The van der Waals surface area contributed by atoms with Crippen LogP contribution in [0.15, 0.2) is 39.9 Å². The molecule has 5 heteroatoms. The Kier molecular flexibility index (Phi) is 4.31. The Morgan fingerprint density at radius 3 is 2.29 bits per heavy atom. The van der Waals surface area contributed by atoms with Crippen molar-refractivity contribution < 1.29 is 0 Å². The zero-order chi connectivity index (χ0) is 15.5. The van der Waals surface area contributed by atoms with Gasteiger partial charge in [0, 0.05) is 12.6 Å². The van der Waals surface area contributed by atoms with Gasteiger partial charge >= 0.3 is 5.69 Å². The van der Waals surface area contributed by atoms with Crippen molar-refractivity contribution in [2.75, 3.05) is 11.9 Å². The van der Waals surface area contributed by atoms with E-state index < -0.39 is 11.2 Å². The third-order valence-corrected chi connectivity index (χ3v) is 3.31. The third-order valence-electron chi connectivity index (χ3n) is 3.31. The molecule has 0 unspecified atom stereocenters. The summed E-state index contributed by atoms with van der Waals surface area (Å²) >= 11 is 0. The molecule has 1 heterocycles. The first-order valence-corrected chi connectivity index (χ1v) is 7.01. The van der Waals surface area contributed by atoms with Crippen LogP contribution in [-0.4, -0.2) is 16.5 Å². The molecule has 0 spiro atoms. The summed E-state index contributed by atoms with van der Waals surface area (Å²) in [7, 11) is 0. The van der Waals surface area contributed by atoms with E-state index in [9.17, 15) is 9.59 Å². The van der Waals surface area contributed by atoms with Crippen LogP contribution in [0.4, 0.5) is 5.82 Å². The maximum absolute atomic E-state index is 11.2. The number of anilines is 1. The summed E-state index contributed by atoms with van der Waals surface area (Å²) in [5.41, 5.74) is 1.76. The molecule has 5 nitrogen and oxygen atoms in total. The quantitative estimate of drug-likeness (QED) is 0.805. The average molecular weight is 287 g/mol. The van der Waals surface area contributed by atoms with Gasteiger partial charge in [0.05, 0.1) is 0 Å². The lowest BCUT2D eigenvalue weighted by molar-refractivity contribution is 0.590. The zero-order valence-corrected chi connectivity index (χ0v) is 12.6. The van der Waals surface area contributed by atoms with E-state index in [1.54, 1.807) is 0 Å². The molecule has 21 heavy (non-hydrogen) atoms. The van der Waals surface area contributed by atoms with Crippen molar-refractivity contribution in [2.24, 2.45) is 0 Å². The number of aromatic amines is 2. The number of H-pyrrole nitrogens is 2. The molecule has 3 N–H and O–H groups in total. The molecule has 1 aromatic heterocycles. The summed E-state index contributed by atoms with van der Waals surface area (Å²) in [5, 5.41) is 3.04. The molecule has 0 aliphatic heterocycles. The number of hydrogen-bond donors (Lipinski definition) is 3. The smallest absolute Gasteiger partial charge is 0.327 e. The lowest BCUT2D eigenvalue weighted by atomic mass is 9.86. The maximum Gasteiger partial charge on any atom is 0.327 e. The van der Waals surface area contributed by atoms with Gasteiger partial charge in [-0.15, -0.1) is 0 Å². The molecule has 2 aromatic rings. The average Bonchev–Trinajstić information content (AvgIpc) is 2.37. The van der Waals surface area contributed by atoms with Crippen molar-refractivity contribution in [3.05, 3.63) is 62.3 Å². The van der Waals surface area contributed by atoms with Gasteiger partial charge in [0.2, 0.25) is 0 Å². The molecular formula is C16H21N3O2. The van der Waals surface area contributed by atoms with Crippen LogP contribution in [-0.2, 0) is 11.8 Å². The van der Waals surface area contributed by atoms with Crippen LogP contribution in [0, 0.1) is 0 Å². The maximum atomic E-state index is 11.2. The van der Waals surface area contributed by atoms with Gasteiger partial charge < -0.3 is 5.32 Å². The third kappa shape index (κ3) is 4.34. The van der Waals surface area contributed by atoms with Crippen molar-refractivity contribution in [3.63, 3.8) is 0 Å². The first-order chi connectivity index (χ1) is 9.84. The minimum atomic E-state index is -0.500. The van der Waals surface area contributed by atoms with E-state index in [1.165, 1.54) is 17.2 Å². The van der Waals surface area contributed by atoms with Crippen molar-refractivity contribution in [3.8, 4) is 0 Å². The minimum absolute atomic E-state index is 0.154. The Hall–Kier alpha value is -2.30. The number of nitrogens with one attached hydrogen (secondary N) is 3. The monoisotopic (exact) mass is 287 g/mol. The van der Waals surface area contributed by atoms with Crippen LogP contribution in [0.5, 0.6) is 0 Å². The fraction of sp³-hybridized carbons (Fsp3) is 0.375. The van der Waals surface area contributed by atoms with Gasteiger partial charge in [0.25, 0.3) is 5.56 Å². The van der Waals surface area contributed by atoms with Crippen LogP contribution in [0.2, 0.25) is 0 Å². The number of hydrogen-bond acceptors (Lipinski definition) is 3. The molecule has 2 rings (SSSR count). The molecule has 0 saturated carbocycles. The van der Waals surface area contributed by atoms with E-state index >= 15 is 0 Å². The fourth-order valence-electron chi connectivity index (χ4n) is 2.08. The number of benzene rings is 1. The van der Waals surface area contributed by atoms with E-state index in [0.717, 1.165) is 6.42 Å². The topological polar surface area (TPSA) is 77.8 Å². The molecular weight excluding hydrogens is 266 g/mol. The lowest BCUT2D eigenvalue weighted by Gasteiger charge is -2.19. The second-order valence-corrected chi connectivity index (χ2v) is 6.13. The van der Waals surface area contributed by atoms with Gasteiger partial charge in [-0.05, 0) is 23.0 Å². The van der Waals surface area contributed by atoms with E-state index in [2.05, 4.69) is 60.3 Å². The van der Waals surface area contributed by atoms with Gasteiger partial charge in [0.15, 0.2) is 0 Å². The number of aromatic nitrogens is 2. The van der Waals surface area contributed by atoms with E-state index in [1.807, 2.05) is 0 Å². The molecule has 0 amide bonds. The molecule has 0 atom stereocenters. The normalized spacial score (nSPS) is 11.4. The van der Waals surface area contributed by atoms with Crippen LogP contribution in [0.3, 0.4) is 0 Å². The van der Waals surface area contributed by atoms with Crippen molar-refractivity contribution in [2.45, 2.75) is 32.6 Å². The SMILES string of the molecule is CC(C)(C)c1ccc(CCNc2cc(=O)[nH]c(=O)[nH]2)cc1. The molecule has 0 bridgehead atoms. The Labute approximate surface area is 123 Å². The molecule has 0 fully saturated rings. The van der Waals surface area contributed by atoms with Gasteiger partial charge in [0.1, 0.15) is 5.82 Å². The summed E-state index contributed by atoms with van der Waals surface area (Å²) < 4.78 is 0. The molecule has 112 valence electrons. The van der Waals surface area contributed by atoms with Crippen LogP contribution < -0.4 is 16.6 Å². The van der Waals surface area contributed by atoms with Crippen molar-refractivity contribution in [1.82, 2.24) is 9.97 Å². The highest BCUT2D eigenvalue weighted by Gasteiger charge is 2.12. The predicted octanol–water partition coefficient (Wildman–Crippen LogP) is 2.02. The van der Waals surface area contributed by atoms with Crippen LogP contribution in [0.1, 0.15) is 31.9 Å². The van der Waals surface area contributed by atoms with E-state index in [0.29, 0.717) is 12.4 Å². The largest absolute Gasteiger partial charge is 0.371 e. The molecule has 0 aliphatic rings. The fourth-order valence-corrected chi connectivity index (χ4v) is 2.08. The second kappa shape index (κ2) is 5.99. The van der Waals surface area contributed by atoms with Gasteiger partial charge in [-0.25, -0.2) is 4.79 Å². The lowest BCUT2D eigenvalue weighted by Crippen LogP contribution is -2.23. The summed E-state index contributed by atoms with van der Waals surface area (Å²) in [6.07, 6.45) is 0.819. The van der Waals surface area contributed by atoms with Crippen LogP contribution >= 0.6 is 0 Å².